The van der Waals surface area contributed by atoms with E-state index in [9.17, 15) is 31.5 Å². The van der Waals surface area contributed by atoms with Gasteiger partial charge in [0.2, 0.25) is 5.91 Å². The SMILES string of the molecule is COC(=O)[C@@H](c1ccc(-c2ccc(F)cc2)cc1)[C@H](N)C(=O)N1CC[C@H](F)C1.O=C(O)C(F)(F)F. The first-order valence-electron chi connectivity index (χ1n) is 10.3. The van der Waals surface area contributed by atoms with Crippen molar-refractivity contribution in [3.05, 3.63) is 59.9 Å². The number of carboxylic acid groups (broad SMARTS) is 1. The number of rotatable bonds is 5. The molecule has 0 unspecified atom stereocenters. The summed E-state index contributed by atoms with van der Waals surface area (Å²) in [4.78, 5) is 35.2. The maximum absolute atomic E-state index is 13.4. The summed E-state index contributed by atoms with van der Waals surface area (Å²) in [6.45, 7) is 0.273. The number of hydrogen-bond donors (Lipinski definition) is 2. The van der Waals surface area contributed by atoms with Crippen molar-refractivity contribution in [2.75, 3.05) is 20.2 Å². The van der Waals surface area contributed by atoms with Crippen LogP contribution in [0, 0.1) is 5.82 Å². The number of aliphatic carboxylic acids is 1. The first kappa shape index (κ1) is 27.7. The van der Waals surface area contributed by atoms with Gasteiger partial charge in [-0.05, 0) is 35.2 Å². The van der Waals surface area contributed by atoms with Gasteiger partial charge >= 0.3 is 18.1 Å². The molecule has 0 aliphatic carbocycles. The molecule has 3 atom stereocenters. The lowest BCUT2D eigenvalue weighted by Gasteiger charge is -2.26. The number of carbonyl (C=O) groups excluding carboxylic acids is 2. The summed E-state index contributed by atoms with van der Waals surface area (Å²) in [5.41, 5.74) is 8.27. The van der Waals surface area contributed by atoms with E-state index >= 15 is 0 Å². The van der Waals surface area contributed by atoms with Gasteiger partial charge in [0.05, 0.1) is 13.7 Å². The molecule has 2 aromatic carbocycles. The number of likely N-dealkylation sites (tertiary alicyclic amines) is 1. The zero-order chi connectivity index (χ0) is 26.3. The molecule has 1 aliphatic rings. The van der Waals surface area contributed by atoms with Crippen LogP contribution in [0.4, 0.5) is 22.0 Å². The number of amides is 1. The minimum absolute atomic E-state index is 0.00999. The second kappa shape index (κ2) is 11.7. The molecule has 35 heavy (non-hydrogen) atoms. The van der Waals surface area contributed by atoms with Gasteiger partial charge in [-0.25, -0.2) is 13.6 Å². The molecule has 3 N–H and O–H groups in total. The predicted molar refractivity (Wildman–Crippen MR) is 114 cm³/mol. The molecule has 190 valence electrons. The summed E-state index contributed by atoms with van der Waals surface area (Å²) < 4.78 is 63.1. The van der Waals surface area contributed by atoms with Crippen LogP contribution < -0.4 is 5.73 Å². The molecule has 1 saturated heterocycles. The lowest BCUT2D eigenvalue weighted by atomic mass is 9.89. The van der Waals surface area contributed by atoms with Crippen molar-refractivity contribution in [1.82, 2.24) is 4.90 Å². The van der Waals surface area contributed by atoms with Crippen molar-refractivity contribution in [2.24, 2.45) is 5.73 Å². The van der Waals surface area contributed by atoms with Crippen LogP contribution >= 0.6 is 0 Å². The van der Waals surface area contributed by atoms with Crippen LogP contribution in [0.15, 0.2) is 48.5 Å². The third kappa shape index (κ3) is 7.47. The highest BCUT2D eigenvalue weighted by Gasteiger charge is 2.39. The largest absolute Gasteiger partial charge is 0.490 e. The highest BCUT2D eigenvalue weighted by molar-refractivity contribution is 5.91. The van der Waals surface area contributed by atoms with E-state index in [1.54, 1.807) is 36.4 Å². The Labute approximate surface area is 197 Å². The molecule has 3 rings (SSSR count). The molecular weight excluding hydrogens is 479 g/mol. The van der Waals surface area contributed by atoms with Gasteiger partial charge in [0, 0.05) is 6.54 Å². The first-order valence-corrected chi connectivity index (χ1v) is 10.3. The molecule has 1 fully saturated rings. The van der Waals surface area contributed by atoms with Crippen molar-refractivity contribution in [1.29, 1.82) is 0 Å². The average Bonchev–Trinajstić information content (AvgIpc) is 3.25. The Bertz CT molecular complexity index is 1030. The van der Waals surface area contributed by atoms with Gasteiger partial charge in [-0.2, -0.15) is 13.2 Å². The molecule has 0 aromatic heterocycles. The normalized spacial score (nSPS) is 17.1. The van der Waals surface area contributed by atoms with E-state index in [2.05, 4.69) is 0 Å². The molecule has 0 saturated carbocycles. The fourth-order valence-electron chi connectivity index (χ4n) is 3.41. The molecule has 12 heteroatoms. The van der Waals surface area contributed by atoms with Crippen LogP contribution in [-0.2, 0) is 19.1 Å². The zero-order valence-electron chi connectivity index (χ0n) is 18.5. The number of hydrogen-bond acceptors (Lipinski definition) is 5. The summed E-state index contributed by atoms with van der Waals surface area (Å²) in [5, 5.41) is 7.12. The van der Waals surface area contributed by atoms with Gasteiger partial charge in [-0.15, -0.1) is 0 Å². The van der Waals surface area contributed by atoms with Crippen molar-refractivity contribution in [3.8, 4) is 11.1 Å². The Morgan fingerprint density at radius 2 is 1.54 bits per heavy atom. The molecule has 0 spiro atoms. The van der Waals surface area contributed by atoms with E-state index in [4.69, 9.17) is 20.4 Å². The fourth-order valence-corrected chi connectivity index (χ4v) is 3.41. The van der Waals surface area contributed by atoms with Crippen molar-refractivity contribution < 1.29 is 46.2 Å². The average molecular weight is 502 g/mol. The number of esters is 1. The van der Waals surface area contributed by atoms with Crippen LogP contribution in [-0.4, -0.2) is 66.4 Å². The van der Waals surface area contributed by atoms with Gasteiger partial charge in [0.15, 0.2) is 0 Å². The van der Waals surface area contributed by atoms with E-state index in [0.29, 0.717) is 5.56 Å². The number of carboxylic acids is 1. The number of ether oxygens (including phenoxy) is 1. The Hall–Kier alpha value is -3.54. The monoisotopic (exact) mass is 502 g/mol. The molecule has 2 aromatic rings. The Morgan fingerprint density at radius 1 is 1.06 bits per heavy atom. The van der Waals surface area contributed by atoms with Gasteiger partial charge < -0.3 is 20.5 Å². The maximum Gasteiger partial charge on any atom is 0.490 e. The van der Waals surface area contributed by atoms with Crippen molar-refractivity contribution in [3.63, 3.8) is 0 Å². The molecule has 7 nitrogen and oxygen atoms in total. The predicted octanol–water partition coefficient (Wildman–Crippen LogP) is 3.28. The van der Waals surface area contributed by atoms with Gasteiger partial charge in [-0.1, -0.05) is 36.4 Å². The summed E-state index contributed by atoms with van der Waals surface area (Å²) in [7, 11) is 1.23. The number of benzene rings is 2. The number of halogens is 5. The Balaban J connectivity index is 0.000000540. The van der Waals surface area contributed by atoms with Crippen molar-refractivity contribution in [2.45, 2.75) is 30.7 Å². The minimum atomic E-state index is -5.08. The van der Waals surface area contributed by atoms with E-state index in [-0.39, 0.29) is 25.3 Å². The number of alkyl halides is 4. The highest BCUT2D eigenvalue weighted by Crippen LogP contribution is 2.27. The van der Waals surface area contributed by atoms with E-state index < -0.39 is 42.2 Å². The fraction of sp³-hybridized carbons (Fsp3) is 0.348. The number of nitrogens with two attached hydrogens (primary N) is 1. The van der Waals surface area contributed by atoms with E-state index in [0.717, 1.165) is 11.1 Å². The number of nitrogens with zero attached hydrogens (tertiary/aromatic N) is 1. The molecule has 1 amide bonds. The summed E-state index contributed by atoms with van der Waals surface area (Å²) in [5.74, 6) is -5.19. The third-order valence-electron chi connectivity index (χ3n) is 5.23. The molecule has 0 bridgehead atoms. The standard InChI is InChI=1S/C21H22F2N2O3.C2HF3O2/c1-28-21(27)18(19(24)20(26)25-11-10-17(23)12-25)15-4-2-13(3-5-15)14-6-8-16(22)9-7-14;3-2(4,5)1(6)7/h2-9,17-19H,10-12,24H2,1H3;(H,6,7)/t17-,18-,19-;/m0./s1. The van der Waals surface area contributed by atoms with Gasteiger partial charge in [0.25, 0.3) is 0 Å². The first-order chi connectivity index (χ1) is 16.3. The molecule has 1 aliphatic heterocycles. The summed E-state index contributed by atoms with van der Waals surface area (Å²) in [6.07, 6.45) is -5.88. The third-order valence-corrected chi connectivity index (χ3v) is 5.23. The topological polar surface area (TPSA) is 110 Å². The molecule has 0 radical (unpaired) electrons. The number of carbonyl (C=O) groups is 3. The molecule has 1 heterocycles. The Kier molecular flexibility index (Phi) is 9.29. The van der Waals surface area contributed by atoms with E-state index in [1.807, 2.05) is 0 Å². The van der Waals surface area contributed by atoms with Gasteiger partial charge in [-0.3, -0.25) is 9.59 Å². The van der Waals surface area contributed by atoms with Crippen LogP contribution in [0.1, 0.15) is 17.9 Å². The van der Waals surface area contributed by atoms with Gasteiger partial charge in [0.1, 0.15) is 23.9 Å². The van der Waals surface area contributed by atoms with Crippen LogP contribution in [0.2, 0.25) is 0 Å². The Morgan fingerprint density at radius 3 is 1.94 bits per heavy atom. The van der Waals surface area contributed by atoms with E-state index in [1.165, 1.54) is 24.1 Å². The summed E-state index contributed by atoms with van der Waals surface area (Å²) >= 11 is 0. The second-order valence-electron chi connectivity index (χ2n) is 7.63. The van der Waals surface area contributed by atoms with Crippen LogP contribution in [0.25, 0.3) is 11.1 Å². The minimum Gasteiger partial charge on any atom is -0.475 e. The lowest BCUT2D eigenvalue weighted by Crippen LogP contribution is -2.48. The quantitative estimate of drug-likeness (QED) is 0.480. The van der Waals surface area contributed by atoms with Crippen LogP contribution in [0.3, 0.4) is 0 Å². The van der Waals surface area contributed by atoms with Crippen molar-refractivity contribution >= 4 is 17.8 Å². The lowest BCUT2D eigenvalue weighted by molar-refractivity contribution is -0.192. The second-order valence-corrected chi connectivity index (χ2v) is 7.63. The maximum atomic E-state index is 13.4. The number of methoxy groups -OCH3 is 1. The zero-order valence-corrected chi connectivity index (χ0v) is 18.5. The molecular formula is C23H23F5N2O5. The smallest absolute Gasteiger partial charge is 0.475 e. The van der Waals surface area contributed by atoms with Crippen LogP contribution in [0.5, 0.6) is 0 Å². The highest BCUT2D eigenvalue weighted by atomic mass is 19.4. The summed E-state index contributed by atoms with van der Waals surface area (Å²) in [6, 6.07) is 11.8.